The zero-order chi connectivity index (χ0) is 40.1. The summed E-state index contributed by atoms with van der Waals surface area (Å²) in [4.78, 5) is 57.1. The summed E-state index contributed by atoms with van der Waals surface area (Å²) in [6.45, 7) is 19.6. The average Bonchev–Trinajstić information content (AvgIpc) is 3.80. The molecule has 1 aromatic heterocycles. The molecule has 55 heavy (non-hydrogen) atoms. The molecule has 5 saturated carbocycles. The van der Waals surface area contributed by atoms with Gasteiger partial charge >= 0.3 is 11.9 Å². The maximum absolute atomic E-state index is 14.1. The van der Waals surface area contributed by atoms with E-state index in [1.165, 1.54) is 5.57 Å². The van der Waals surface area contributed by atoms with Crippen LogP contribution in [-0.2, 0) is 29.5 Å². The maximum Gasteiger partial charge on any atom is 0.309 e. The lowest BCUT2D eigenvalue weighted by atomic mass is 9.33. The number of carbonyl (C=O) groups excluding carboxylic acids is 3. The number of aliphatic carboxylic acids is 1. The minimum atomic E-state index is -1.17. The number of amides is 1. The molecule has 2 N–H and O–H groups in total. The van der Waals surface area contributed by atoms with Crippen LogP contribution in [0.25, 0.3) is 0 Å². The van der Waals surface area contributed by atoms with Crippen molar-refractivity contribution in [3.05, 3.63) is 52.3 Å². The van der Waals surface area contributed by atoms with Gasteiger partial charge in [-0.25, -0.2) is 0 Å². The number of allylic oxidation sites excluding steroid dienone is 3. The second-order valence-electron chi connectivity index (χ2n) is 20.8. The minimum Gasteiger partial charge on any atom is -0.481 e. The first kappa shape index (κ1) is 40.2. The molecule has 6 aliphatic carbocycles. The largest absolute Gasteiger partial charge is 0.481 e. The van der Waals surface area contributed by atoms with Crippen LogP contribution in [0.5, 0.6) is 0 Å². The molecule has 0 spiro atoms. The zero-order valence-corrected chi connectivity index (χ0v) is 35.3. The highest BCUT2D eigenvalue weighted by Gasteiger charge is 2.70. The fraction of sp³-hybridized carbons (Fsp3) is 0.717. The molecule has 0 bridgehead atoms. The van der Waals surface area contributed by atoms with Crippen LogP contribution >= 0.6 is 11.6 Å². The second kappa shape index (κ2) is 13.3. The Bertz CT molecular complexity index is 1840. The topological polar surface area (TPSA) is 123 Å². The summed E-state index contributed by atoms with van der Waals surface area (Å²) in [7, 11) is 0. The van der Waals surface area contributed by atoms with E-state index in [1.807, 2.05) is 12.1 Å². The Morgan fingerprint density at radius 1 is 0.964 bits per heavy atom. The lowest BCUT2D eigenvalue weighted by Gasteiger charge is -2.72. The van der Waals surface area contributed by atoms with Gasteiger partial charge in [-0.15, -0.1) is 0 Å². The number of halogens is 1. The lowest BCUT2D eigenvalue weighted by Crippen LogP contribution is -2.65. The number of hydrogen-bond acceptors (Lipinski definition) is 6. The predicted molar refractivity (Wildman–Crippen MR) is 213 cm³/mol. The van der Waals surface area contributed by atoms with Crippen molar-refractivity contribution in [1.29, 1.82) is 0 Å². The Morgan fingerprint density at radius 2 is 1.67 bits per heavy atom. The zero-order valence-electron chi connectivity index (χ0n) is 34.6. The number of carboxylic acids is 1. The van der Waals surface area contributed by atoms with Gasteiger partial charge in [-0.3, -0.25) is 24.2 Å². The maximum atomic E-state index is 14.1. The number of nitrogens with zero attached hydrogens (tertiary/aromatic N) is 1. The van der Waals surface area contributed by atoms with Crippen LogP contribution in [0.1, 0.15) is 145 Å². The van der Waals surface area contributed by atoms with E-state index < -0.39 is 28.3 Å². The highest BCUT2D eigenvalue weighted by atomic mass is 35.5. The summed E-state index contributed by atoms with van der Waals surface area (Å²) in [6, 6.07) is 3.71. The number of rotatable bonds is 9. The van der Waals surface area contributed by atoms with E-state index in [4.69, 9.17) is 16.3 Å². The van der Waals surface area contributed by atoms with Crippen molar-refractivity contribution in [3.8, 4) is 0 Å². The number of hydrogen-bond donors (Lipinski definition) is 2. The van der Waals surface area contributed by atoms with Gasteiger partial charge in [0.15, 0.2) is 5.78 Å². The van der Waals surface area contributed by atoms with Gasteiger partial charge in [0.2, 0.25) is 5.91 Å². The Balaban J connectivity index is 1.14. The molecular formula is C46H63ClN2O6. The SMILES string of the molecule is CC(C)C1=C2[C@H]3CC[C@@H]4[C@@]5(C)CC[C@H](OC(=O)CC(C)(C)C(=O)O)C(C)(C)[C@@H]5CC[C@@]4(C)[C@]3(C)CC[C@@]2(C=CC(=O)NC2(c3ccc(Cl)cn3)CC2)CC1=O. The van der Waals surface area contributed by atoms with E-state index in [-0.39, 0.29) is 57.7 Å². The van der Waals surface area contributed by atoms with Crippen LogP contribution in [0.4, 0.5) is 0 Å². The normalized spacial score (nSPS) is 37.5. The van der Waals surface area contributed by atoms with E-state index in [9.17, 15) is 24.3 Å². The third kappa shape index (κ3) is 6.25. The third-order valence-electron chi connectivity index (χ3n) is 16.7. The van der Waals surface area contributed by atoms with Crippen LogP contribution in [0.2, 0.25) is 5.02 Å². The molecule has 8 atom stereocenters. The van der Waals surface area contributed by atoms with Crippen LogP contribution in [0.15, 0.2) is 41.6 Å². The van der Waals surface area contributed by atoms with Crippen LogP contribution in [0.3, 0.4) is 0 Å². The Labute approximate surface area is 333 Å². The van der Waals surface area contributed by atoms with Gasteiger partial charge in [0.1, 0.15) is 6.10 Å². The van der Waals surface area contributed by atoms with E-state index in [2.05, 4.69) is 64.8 Å². The summed E-state index contributed by atoms with van der Waals surface area (Å²) in [6.07, 6.45) is 15.0. The number of carbonyl (C=O) groups is 4. The molecule has 6 aliphatic rings. The van der Waals surface area contributed by atoms with Crippen LogP contribution in [0, 0.1) is 56.2 Å². The third-order valence-corrected chi connectivity index (χ3v) is 17.0. The molecule has 0 radical (unpaired) electrons. The fourth-order valence-electron chi connectivity index (χ4n) is 13.4. The number of esters is 1. The molecule has 5 fully saturated rings. The second-order valence-corrected chi connectivity index (χ2v) is 21.3. The Hall–Kier alpha value is -3.00. The number of ether oxygens (including phenoxy) is 1. The quantitative estimate of drug-likeness (QED) is 0.189. The van der Waals surface area contributed by atoms with E-state index in [0.717, 1.165) is 75.5 Å². The summed E-state index contributed by atoms with van der Waals surface area (Å²) >= 11 is 6.10. The molecule has 0 saturated heterocycles. The molecule has 1 heterocycles. The van der Waals surface area contributed by atoms with Crippen molar-refractivity contribution in [1.82, 2.24) is 10.3 Å². The molecule has 0 unspecified atom stereocenters. The fourth-order valence-corrected chi connectivity index (χ4v) is 13.5. The van der Waals surface area contributed by atoms with Crippen LogP contribution < -0.4 is 5.32 Å². The number of nitrogens with one attached hydrogen (secondary N) is 1. The summed E-state index contributed by atoms with van der Waals surface area (Å²) < 4.78 is 6.17. The number of pyridine rings is 1. The number of fused-ring (bicyclic) bond motifs is 7. The lowest BCUT2D eigenvalue weighted by molar-refractivity contribution is -0.232. The van der Waals surface area contributed by atoms with Crippen molar-refractivity contribution in [3.63, 3.8) is 0 Å². The summed E-state index contributed by atoms with van der Waals surface area (Å²) in [5, 5.41) is 13.4. The Morgan fingerprint density at radius 3 is 2.29 bits per heavy atom. The molecule has 0 aromatic carbocycles. The average molecular weight is 775 g/mol. The van der Waals surface area contributed by atoms with Gasteiger partial charge in [-0.05, 0) is 147 Å². The van der Waals surface area contributed by atoms with Gasteiger partial charge < -0.3 is 15.2 Å². The predicted octanol–water partition coefficient (Wildman–Crippen LogP) is 9.79. The van der Waals surface area contributed by atoms with Crippen LogP contribution in [-0.4, -0.2) is 39.8 Å². The first-order valence-electron chi connectivity index (χ1n) is 20.9. The molecule has 8 nitrogen and oxygen atoms in total. The van der Waals surface area contributed by atoms with E-state index in [1.54, 1.807) is 26.1 Å². The summed E-state index contributed by atoms with van der Waals surface area (Å²) in [5.41, 5.74) is 0.897. The monoisotopic (exact) mass is 774 g/mol. The minimum absolute atomic E-state index is 0.0161. The van der Waals surface area contributed by atoms with Crippen molar-refractivity contribution in [2.24, 2.45) is 56.2 Å². The van der Waals surface area contributed by atoms with Gasteiger partial charge in [0.05, 0.1) is 28.1 Å². The van der Waals surface area contributed by atoms with Gasteiger partial charge in [0.25, 0.3) is 0 Å². The number of carboxylic acid groups (broad SMARTS) is 1. The highest BCUT2D eigenvalue weighted by molar-refractivity contribution is 6.30. The number of ketones is 1. The number of aromatic nitrogens is 1. The summed E-state index contributed by atoms with van der Waals surface area (Å²) in [5.74, 6) is -0.111. The van der Waals surface area contributed by atoms with Crippen molar-refractivity contribution >= 4 is 35.2 Å². The molecule has 9 heteroatoms. The molecule has 7 rings (SSSR count). The molecular weight excluding hydrogens is 712 g/mol. The molecule has 0 aliphatic heterocycles. The molecule has 1 amide bonds. The highest BCUT2D eigenvalue weighted by Crippen LogP contribution is 2.77. The van der Waals surface area contributed by atoms with Gasteiger partial charge in [-0.1, -0.05) is 66.1 Å². The standard InChI is InChI=1S/C46H63ClN2O6/c1-27(2)37-30(50)24-45(19-16-35(51)49-46(22-23-46)33-13-10-28(47)26-48-33)21-20-43(8)29(38(37)45)11-12-32-42(7)17-15-34(55-36(52)25-40(3,4)39(53)54)41(5,6)31(42)14-18-44(32,43)9/h10,13,16,19,26-27,29,31-32,34H,11-12,14-15,17-18,20-25H2,1-9H3,(H,49,51)(H,53,54)/t29-,31+,32-,34+,42+,43-,44-,45+/m1/s1. The van der Waals surface area contributed by atoms with Gasteiger partial charge in [0, 0.05) is 23.4 Å². The first-order valence-corrected chi connectivity index (χ1v) is 21.3. The first-order chi connectivity index (χ1) is 25.6. The van der Waals surface area contributed by atoms with E-state index >= 15 is 0 Å². The Kier molecular flexibility index (Phi) is 9.70. The van der Waals surface area contributed by atoms with Crippen molar-refractivity contribution < 1.29 is 29.0 Å². The van der Waals surface area contributed by atoms with Crippen molar-refractivity contribution in [2.45, 2.75) is 151 Å². The van der Waals surface area contributed by atoms with E-state index in [0.29, 0.717) is 23.3 Å². The number of Topliss-reactive ketones (excluding diaryl/α,β-unsaturated/α-hetero) is 1. The molecule has 300 valence electrons. The molecule has 1 aromatic rings. The smallest absolute Gasteiger partial charge is 0.309 e. The van der Waals surface area contributed by atoms with Crippen molar-refractivity contribution in [2.75, 3.05) is 0 Å². The van der Waals surface area contributed by atoms with Gasteiger partial charge in [-0.2, -0.15) is 0 Å².